The molecule has 3 aliphatic rings. The van der Waals surface area contributed by atoms with Crippen molar-refractivity contribution in [1.82, 2.24) is 14.8 Å². The summed E-state index contributed by atoms with van der Waals surface area (Å²) in [5, 5.41) is 7.12. The van der Waals surface area contributed by atoms with Gasteiger partial charge in [-0.1, -0.05) is 0 Å². The normalized spacial score (nSPS) is 27.4. The van der Waals surface area contributed by atoms with Crippen molar-refractivity contribution in [3.8, 4) is 0 Å². The first-order chi connectivity index (χ1) is 14.1. The molecular formula is C19H26F3N3O4S. The van der Waals surface area contributed by atoms with Crippen LogP contribution < -0.4 is 0 Å². The monoisotopic (exact) mass is 449 g/mol. The van der Waals surface area contributed by atoms with E-state index in [1.54, 1.807) is 11.3 Å². The van der Waals surface area contributed by atoms with Crippen molar-refractivity contribution in [3.63, 3.8) is 0 Å². The molecule has 3 aliphatic heterocycles. The Morgan fingerprint density at radius 1 is 1.43 bits per heavy atom. The minimum absolute atomic E-state index is 0.0373. The molecule has 0 aromatic carbocycles. The maximum atomic E-state index is 12.1. The van der Waals surface area contributed by atoms with Gasteiger partial charge in [0.1, 0.15) is 0 Å². The number of carboxylic acids is 1. The minimum atomic E-state index is -5.08. The summed E-state index contributed by atoms with van der Waals surface area (Å²) in [7, 11) is 0. The SMILES string of the molecule is Cc1ncsc1CN1CC[C@@]2(C[C@H](N3CCCC3=O)CCO2)C1.O=C(O)C(F)(F)F. The average molecular weight is 449 g/mol. The Morgan fingerprint density at radius 3 is 2.73 bits per heavy atom. The first-order valence-corrected chi connectivity index (χ1v) is 10.8. The van der Waals surface area contributed by atoms with Crippen LogP contribution in [-0.2, 0) is 20.9 Å². The van der Waals surface area contributed by atoms with E-state index < -0.39 is 12.1 Å². The van der Waals surface area contributed by atoms with Gasteiger partial charge in [-0.15, -0.1) is 11.3 Å². The fourth-order valence-corrected chi connectivity index (χ4v) is 5.17. The highest BCUT2D eigenvalue weighted by Crippen LogP contribution is 2.37. The standard InChI is InChI=1S/C17H25N3O2S.C2HF3O2/c1-13-15(23-12-18-13)10-19-7-5-17(11-19)9-14(4-8-22-17)20-6-2-3-16(20)21;3-2(4,5)1(6)7/h12,14H,2-11H2,1H3;(H,6,7)/t14-,17-;/m1./s1. The lowest BCUT2D eigenvalue weighted by Crippen LogP contribution is -2.50. The van der Waals surface area contributed by atoms with E-state index in [1.807, 2.05) is 5.51 Å². The molecule has 3 fully saturated rings. The molecule has 0 aliphatic carbocycles. The van der Waals surface area contributed by atoms with Gasteiger partial charge in [0.25, 0.3) is 0 Å². The number of likely N-dealkylation sites (tertiary alicyclic amines) is 2. The summed E-state index contributed by atoms with van der Waals surface area (Å²) in [4.78, 5) is 31.3. The van der Waals surface area contributed by atoms with Crippen molar-refractivity contribution in [2.24, 2.45) is 0 Å². The van der Waals surface area contributed by atoms with Crippen LogP contribution in [0.2, 0.25) is 0 Å². The van der Waals surface area contributed by atoms with E-state index in [1.165, 1.54) is 4.88 Å². The van der Waals surface area contributed by atoms with Gasteiger partial charge in [-0.05, 0) is 32.6 Å². The third kappa shape index (κ3) is 5.50. The van der Waals surface area contributed by atoms with Gasteiger partial charge < -0.3 is 14.7 Å². The number of carbonyl (C=O) groups excluding carboxylic acids is 1. The maximum absolute atomic E-state index is 12.1. The number of hydrogen-bond acceptors (Lipinski definition) is 6. The molecule has 1 amide bonds. The lowest BCUT2D eigenvalue weighted by Gasteiger charge is -2.41. The number of aliphatic carboxylic acids is 1. The molecule has 11 heteroatoms. The molecule has 4 rings (SSSR count). The Hall–Kier alpha value is -1.72. The van der Waals surface area contributed by atoms with Gasteiger partial charge in [0.05, 0.1) is 16.8 Å². The van der Waals surface area contributed by atoms with Crippen LogP contribution in [0.15, 0.2) is 5.51 Å². The van der Waals surface area contributed by atoms with Crippen LogP contribution >= 0.6 is 11.3 Å². The molecule has 7 nitrogen and oxygen atoms in total. The minimum Gasteiger partial charge on any atom is -0.475 e. The number of halogens is 3. The molecule has 1 aromatic heterocycles. The third-order valence-corrected chi connectivity index (χ3v) is 6.79. The van der Waals surface area contributed by atoms with Crippen molar-refractivity contribution in [2.75, 3.05) is 26.2 Å². The highest BCUT2D eigenvalue weighted by Gasteiger charge is 2.45. The van der Waals surface area contributed by atoms with Crippen molar-refractivity contribution < 1.29 is 32.6 Å². The molecule has 2 atom stereocenters. The molecule has 1 N–H and O–H groups in total. The molecule has 0 saturated carbocycles. The smallest absolute Gasteiger partial charge is 0.475 e. The zero-order valence-electron chi connectivity index (χ0n) is 16.8. The van der Waals surface area contributed by atoms with Crippen LogP contribution in [-0.4, -0.2) is 75.8 Å². The van der Waals surface area contributed by atoms with Crippen LogP contribution in [0, 0.1) is 6.92 Å². The summed E-state index contributed by atoms with van der Waals surface area (Å²) in [5.74, 6) is -2.41. The first-order valence-electron chi connectivity index (χ1n) is 9.94. The third-order valence-electron chi connectivity index (χ3n) is 5.87. The molecule has 0 radical (unpaired) electrons. The van der Waals surface area contributed by atoms with Gasteiger partial charge in [0.15, 0.2) is 0 Å². The first kappa shape index (κ1) is 23.0. The topological polar surface area (TPSA) is 83.0 Å². The molecular weight excluding hydrogens is 423 g/mol. The second-order valence-electron chi connectivity index (χ2n) is 7.99. The highest BCUT2D eigenvalue weighted by atomic mass is 32.1. The molecule has 168 valence electrons. The largest absolute Gasteiger partial charge is 0.490 e. The zero-order chi connectivity index (χ0) is 21.9. The predicted molar refractivity (Wildman–Crippen MR) is 103 cm³/mol. The molecule has 1 aromatic rings. The van der Waals surface area contributed by atoms with Crippen LogP contribution in [0.1, 0.15) is 42.7 Å². The summed E-state index contributed by atoms with van der Waals surface area (Å²) >= 11 is 1.75. The predicted octanol–water partition coefficient (Wildman–Crippen LogP) is 2.83. The van der Waals surface area contributed by atoms with Gasteiger partial charge in [-0.3, -0.25) is 9.69 Å². The number of rotatable bonds is 3. The number of carboxylic acid groups (broad SMARTS) is 1. The average Bonchev–Trinajstić information content (AvgIpc) is 3.37. The maximum Gasteiger partial charge on any atom is 0.490 e. The molecule has 1 spiro atoms. The summed E-state index contributed by atoms with van der Waals surface area (Å²) in [5.41, 5.74) is 3.05. The lowest BCUT2D eigenvalue weighted by atomic mass is 9.89. The van der Waals surface area contributed by atoms with E-state index in [0.717, 1.165) is 70.6 Å². The number of amides is 1. The Bertz CT molecular complexity index is 772. The summed E-state index contributed by atoms with van der Waals surface area (Å²) in [6, 6.07) is 0.392. The number of carbonyl (C=O) groups is 2. The van der Waals surface area contributed by atoms with Gasteiger partial charge in [-0.25, -0.2) is 9.78 Å². The van der Waals surface area contributed by atoms with Crippen LogP contribution in [0.3, 0.4) is 0 Å². The quantitative estimate of drug-likeness (QED) is 0.764. The number of alkyl halides is 3. The Morgan fingerprint density at radius 2 is 2.17 bits per heavy atom. The van der Waals surface area contributed by atoms with Crippen LogP contribution in [0.4, 0.5) is 13.2 Å². The second-order valence-corrected chi connectivity index (χ2v) is 8.93. The molecule has 30 heavy (non-hydrogen) atoms. The van der Waals surface area contributed by atoms with Crippen molar-refractivity contribution >= 4 is 23.2 Å². The Labute approximate surface area is 176 Å². The van der Waals surface area contributed by atoms with E-state index in [9.17, 15) is 18.0 Å². The zero-order valence-corrected chi connectivity index (χ0v) is 17.6. The van der Waals surface area contributed by atoms with Crippen molar-refractivity contribution in [3.05, 3.63) is 16.1 Å². The van der Waals surface area contributed by atoms with Crippen LogP contribution in [0.25, 0.3) is 0 Å². The van der Waals surface area contributed by atoms with Crippen molar-refractivity contribution in [2.45, 2.75) is 63.4 Å². The van der Waals surface area contributed by atoms with E-state index in [-0.39, 0.29) is 5.60 Å². The molecule has 0 unspecified atom stereocenters. The van der Waals surface area contributed by atoms with E-state index >= 15 is 0 Å². The van der Waals surface area contributed by atoms with E-state index in [4.69, 9.17) is 14.6 Å². The number of hydrogen-bond donors (Lipinski definition) is 1. The van der Waals surface area contributed by atoms with Gasteiger partial charge >= 0.3 is 12.1 Å². The number of ether oxygens (including phenoxy) is 1. The highest BCUT2D eigenvalue weighted by molar-refractivity contribution is 7.09. The van der Waals surface area contributed by atoms with E-state index in [0.29, 0.717) is 11.9 Å². The molecule has 3 saturated heterocycles. The fourth-order valence-electron chi connectivity index (χ4n) is 4.35. The number of aryl methyl sites for hydroxylation is 1. The van der Waals surface area contributed by atoms with Crippen molar-refractivity contribution in [1.29, 1.82) is 0 Å². The number of aromatic nitrogens is 1. The molecule has 4 heterocycles. The summed E-state index contributed by atoms with van der Waals surface area (Å²) in [6.45, 7) is 6.88. The lowest BCUT2D eigenvalue weighted by molar-refractivity contribution is -0.192. The summed E-state index contributed by atoms with van der Waals surface area (Å²) < 4.78 is 38.0. The number of thiazole rings is 1. The summed E-state index contributed by atoms with van der Waals surface area (Å²) in [6.07, 6.45) is -0.219. The van der Waals surface area contributed by atoms with Gasteiger partial charge in [-0.2, -0.15) is 13.2 Å². The fraction of sp³-hybridized carbons (Fsp3) is 0.737. The Balaban J connectivity index is 0.000000318. The second kappa shape index (κ2) is 9.19. The molecule has 0 bridgehead atoms. The van der Waals surface area contributed by atoms with Gasteiger partial charge in [0, 0.05) is 50.1 Å². The van der Waals surface area contributed by atoms with Gasteiger partial charge in [0.2, 0.25) is 5.91 Å². The Kier molecular flexibility index (Phi) is 7.03. The van der Waals surface area contributed by atoms with E-state index in [2.05, 4.69) is 21.7 Å². The number of nitrogens with zero attached hydrogens (tertiary/aromatic N) is 3. The van der Waals surface area contributed by atoms with Crippen LogP contribution in [0.5, 0.6) is 0 Å².